The van der Waals surface area contributed by atoms with Crippen molar-refractivity contribution in [2.75, 3.05) is 33.8 Å². The van der Waals surface area contributed by atoms with Crippen molar-refractivity contribution in [3.63, 3.8) is 0 Å². The van der Waals surface area contributed by atoms with Gasteiger partial charge in [0.15, 0.2) is 0 Å². The van der Waals surface area contributed by atoms with Gasteiger partial charge in [-0.15, -0.1) is 0 Å². The molecule has 0 aliphatic rings. The Hall–Kier alpha value is -1.06. The highest BCUT2D eigenvalue weighted by Gasteiger charge is 2.02. The average molecular weight is 236 g/mol. The second-order valence-electron chi connectivity index (χ2n) is 4.51. The molecule has 0 radical (unpaired) electrons. The summed E-state index contributed by atoms with van der Waals surface area (Å²) in [6.45, 7) is 2.57. The molecule has 1 aromatic carbocycles. The molecule has 1 aromatic rings. The molecular formula is C14H24N2O. The van der Waals surface area contributed by atoms with Gasteiger partial charge in [-0.3, -0.25) is 0 Å². The summed E-state index contributed by atoms with van der Waals surface area (Å²) in [5.41, 5.74) is 6.80. The summed E-state index contributed by atoms with van der Waals surface area (Å²) in [7, 11) is 4.16. The molecule has 0 unspecified atom stereocenters. The zero-order valence-corrected chi connectivity index (χ0v) is 11.0. The minimum Gasteiger partial charge on any atom is -0.493 e. The first-order chi connectivity index (χ1) is 8.24. The number of hydrogen-bond donors (Lipinski definition) is 1. The summed E-state index contributed by atoms with van der Waals surface area (Å²) in [4.78, 5) is 2.17. The standard InChI is InChI=1S/C14H24N2O/c1-16(2)11-6-12-17-14-9-4-3-7-13(14)8-5-10-15/h3-4,7,9H,5-6,8,10-12,15H2,1-2H3. The normalized spacial score (nSPS) is 10.8. The van der Waals surface area contributed by atoms with Crippen molar-refractivity contribution in [2.45, 2.75) is 19.3 Å². The molecule has 2 N–H and O–H groups in total. The van der Waals surface area contributed by atoms with Crippen LogP contribution in [0.25, 0.3) is 0 Å². The summed E-state index contributed by atoms with van der Waals surface area (Å²) in [5.74, 6) is 1.01. The summed E-state index contributed by atoms with van der Waals surface area (Å²) in [6, 6.07) is 8.24. The SMILES string of the molecule is CN(C)CCCOc1ccccc1CCCN. The minimum absolute atomic E-state index is 0.731. The third-order valence-electron chi connectivity index (χ3n) is 2.63. The maximum absolute atomic E-state index is 5.82. The first kappa shape index (κ1) is 14.0. The van der Waals surface area contributed by atoms with Crippen molar-refractivity contribution < 1.29 is 4.74 Å². The fourth-order valence-corrected chi connectivity index (χ4v) is 1.71. The first-order valence-electron chi connectivity index (χ1n) is 6.29. The molecule has 0 saturated heterocycles. The van der Waals surface area contributed by atoms with E-state index in [4.69, 9.17) is 10.5 Å². The van der Waals surface area contributed by atoms with Gasteiger partial charge in [-0.1, -0.05) is 18.2 Å². The highest BCUT2D eigenvalue weighted by atomic mass is 16.5. The van der Waals surface area contributed by atoms with Gasteiger partial charge in [-0.2, -0.15) is 0 Å². The second-order valence-corrected chi connectivity index (χ2v) is 4.51. The summed E-state index contributed by atoms with van der Waals surface area (Å²) in [5, 5.41) is 0. The van der Waals surface area contributed by atoms with Crippen molar-refractivity contribution in [3.8, 4) is 5.75 Å². The molecule has 0 aliphatic carbocycles. The van der Waals surface area contributed by atoms with Crippen molar-refractivity contribution >= 4 is 0 Å². The molecule has 0 heterocycles. The number of hydrogen-bond acceptors (Lipinski definition) is 3. The van der Waals surface area contributed by atoms with Gasteiger partial charge in [-0.05, 0) is 51.5 Å². The maximum Gasteiger partial charge on any atom is 0.122 e. The van der Waals surface area contributed by atoms with Gasteiger partial charge >= 0.3 is 0 Å². The van der Waals surface area contributed by atoms with E-state index in [1.807, 2.05) is 12.1 Å². The quantitative estimate of drug-likeness (QED) is 0.701. The van der Waals surface area contributed by atoms with E-state index in [2.05, 4.69) is 31.1 Å². The van der Waals surface area contributed by atoms with Crippen LogP contribution in [0.1, 0.15) is 18.4 Å². The molecule has 0 saturated carbocycles. The zero-order valence-electron chi connectivity index (χ0n) is 11.0. The van der Waals surface area contributed by atoms with Crippen LogP contribution in [-0.4, -0.2) is 38.7 Å². The summed E-state index contributed by atoms with van der Waals surface area (Å²) in [6.07, 6.45) is 3.07. The van der Waals surface area contributed by atoms with Crippen molar-refractivity contribution in [2.24, 2.45) is 5.73 Å². The lowest BCUT2D eigenvalue weighted by molar-refractivity contribution is 0.279. The zero-order chi connectivity index (χ0) is 12.5. The van der Waals surface area contributed by atoms with Crippen LogP contribution in [0.4, 0.5) is 0 Å². The second kappa shape index (κ2) is 8.09. The molecule has 1 rings (SSSR count). The lowest BCUT2D eigenvalue weighted by atomic mass is 10.1. The number of para-hydroxylation sites is 1. The summed E-state index contributed by atoms with van der Waals surface area (Å²) < 4.78 is 5.82. The van der Waals surface area contributed by atoms with E-state index >= 15 is 0 Å². The fraction of sp³-hybridized carbons (Fsp3) is 0.571. The molecule has 3 heteroatoms. The lowest BCUT2D eigenvalue weighted by Gasteiger charge is -2.13. The molecule has 3 nitrogen and oxygen atoms in total. The van der Waals surface area contributed by atoms with Crippen molar-refractivity contribution in [1.29, 1.82) is 0 Å². The molecule has 0 aliphatic heterocycles. The monoisotopic (exact) mass is 236 g/mol. The third-order valence-corrected chi connectivity index (χ3v) is 2.63. The Morgan fingerprint density at radius 1 is 1.18 bits per heavy atom. The van der Waals surface area contributed by atoms with Crippen LogP contribution >= 0.6 is 0 Å². The summed E-state index contributed by atoms with van der Waals surface area (Å²) >= 11 is 0. The number of benzene rings is 1. The third kappa shape index (κ3) is 5.71. The number of ether oxygens (including phenoxy) is 1. The number of rotatable bonds is 8. The molecule has 0 bridgehead atoms. The molecule has 96 valence electrons. The largest absolute Gasteiger partial charge is 0.493 e. The first-order valence-corrected chi connectivity index (χ1v) is 6.29. The van der Waals surface area contributed by atoms with Crippen molar-refractivity contribution in [1.82, 2.24) is 4.90 Å². The highest BCUT2D eigenvalue weighted by Crippen LogP contribution is 2.19. The van der Waals surface area contributed by atoms with Crippen LogP contribution in [0.5, 0.6) is 5.75 Å². The minimum atomic E-state index is 0.731. The Kier molecular flexibility index (Phi) is 6.67. The van der Waals surface area contributed by atoms with Crippen LogP contribution in [0.2, 0.25) is 0 Å². The Morgan fingerprint density at radius 3 is 2.65 bits per heavy atom. The highest BCUT2D eigenvalue weighted by molar-refractivity contribution is 5.33. The molecule has 0 spiro atoms. The van der Waals surface area contributed by atoms with E-state index in [0.29, 0.717) is 0 Å². The van der Waals surface area contributed by atoms with Gasteiger partial charge in [0.1, 0.15) is 5.75 Å². The van der Waals surface area contributed by atoms with E-state index in [1.54, 1.807) is 0 Å². The van der Waals surface area contributed by atoms with Crippen LogP contribution in [-0.2, 0) is 6.42 Å². The van der Waals surface area contributed by atoms with Crippen LogP contribution < -0.4 is 10.5 Å². The fourth-order valence-electron chi connectivity index (χ4n) is 1.71. The Balaban J connectivity index is 2.40. The van der Waals surface area contributed by atoms with Gasteiger partial charge in [-0.25, -0.2) is 0 Å². The Bertz CT molecular complexity index is 313. The van der Waals surface area contributed by atoms with E-state index in [1.165, 1.54) is 5.56 Å². The van der Waals surface area contributed by atoms with E-state index in [0.717, 1.165) is 44.7 Å². The van der Waals surface area contributed by atoms with Gasteiger partial charge < -0.3 is 15.4 Å². The lowest BCUT2D eigenvalue weighted by Crippen LogP contribution is -2.15. The van der Waals surface area contributed by atoms with Gasteiger partial charge in [0.05, 0.1) is 6.61 Å². The molecule has 0 aromatic heterocycles. The predicted octanol–water partition coefficient (Wildman–Crippen LogP) is 1.91. The molecule has 0 fully saturated rings. The number of aryl methyl sites for hydroxylation is 1. The number of nitrogens with zero attached hydrogens (tertiary/aromatic N) is 1. The average Bonchev–Trinajstić information content (AvgIpc) is 2.33. The van der Waals surface area contributed by atoms with Crippen LogP contribution in [0.3, 0.4) is 0 Å². The molecule has 17 heavy (non-hydrogen) atoms. The molecule has 0 atom stereocenters. The van der Waals surface area contributed by atoms with E-state index < -0.39 is 0 Å². The smallest absolute Gasteiger partial charge is 0.122 e. The maximum atomic E-state index is 5.82. The van der Waals surface area contributed by atoms with E-state index in [-0.39, 0.29) is 0 Å². The Morgan fingerprint density at radius 2 is 1.94 bits per heavy atom. The topological polar surface area (TPSA) is 38.5 Å². The Labute approximate surface area is 105 Å². The number of nitrogens with two attached hydrogens (primary N) is 1. The molecular weight excluding hydrogens is 212 g/mol. The van der Waals surface area contributed by atoms with Gasteiger partial charge in [0.25, 0.3) is 0 Å². The van der Waals surface area contributed by atoms with Crippen LogP contribution in [0.15, 0.2) is 24.3 Å². The van der Waals surface area contributed by atoms with Crippen molar-refractivity contribution in [3.05, 3.63) is 29.8 Å². The van der Waals surface area contributed by atoms with Gasteiger partial charge in [0, 0.05) is 6.54 Å². The molecule has 0 amide bonds. The van der Waals surface area contributed by atoms with E-state index in [9.17, 15) is 0 Å². The predicted molar refractivity (Wildman–Crippen MR) is 72.5 cm³/mol. The van der Waals surface area contributed by atoms with Crippen LogP contribution in [0, 0.1) is 0 Å². The van der Waals surface area contributed by atoms with Gasteiger partial charge in [0.2, 0.25) is 0 Å².